The molecule has 0 unspecified atom stereocenters. The van der Waals surface area contributed by atoms with Crippen LogP contribution in [0.15, 0.2) is 42.5 Å². The summed E-state index contributed by atoms with van der Waals surface area (Å²) in [6.07, 6.45) is -4.42. The van der Waals surface area contributed by atoms with Crippen LogP contribution in [0.5, 0.6) is 5.75 Å². The number of carbonyl (C=O) groups excluding carboxylic acids is 2. The lowest BCUT2D eigenvalue weighted by Crippen LogP contribution is -2.33. The van der Waals surface area contributed by atoms with E-state index in [9.17, 15) is 27.2 Å². The van der Waals surface area contributed by atoms with Crippen molar-refractivity contribution in [3.8, 4) is 5.75 Å². The molecule has 0 spiro atoms. The molecule has 140 valence electrons. The summed E-state index contributed by atoms with van der Waals surface area (Å²) >= 11 is 0. The lowest BCUT2D eigenvalue weighted by Gasteiger charge is -2.14. The first-order chi connectivity index (χ1) is 12.3. The quantitative estimate of drug-likeness (QED) is 0.393. The number of esters is 2. The zero-order chi connectivity index (χ0) is 19.2. The molecule has 2 aromatic rings. The van der Waals surface area contributed by atoms with Gasteiger partial charge in [-0.2, -0.15) is 8.78 Å². The van der Waals surface area contributed by atoms with Crippen molar-refractivity contribution in [1.29, 1.82) is 0 Å². The smallest absolute Gasteiger partial charge is 0.340 e. The van der Waals surface area contributed by atoms with Crippen LogP contribution in [0.3, 0.4) is 0 Å². The van der Waals surface area contributed by atoms with Gasteiger partial charge in [-0.25, -0.2) is 8.78 Å². The van der Waals surface area contributed by atoms with Gasteiger partial charge in [0.1, 0.15) is 5.75 Å². The Hall–Kier alpha value is -2.64. The van der Waals surface area contributed by atoms with Gasteiger partial charge < -0.3 is 9.47 Å². The maximum atomic E-state index is 12.6. The predicted octanol–water partition coefficient (Wildman–Crippen LogP) is 4.36. The molecule has 0 saturated heterocycles. The van der Waals surface area contributed by atoms with E-state index in [0.29, 0.717) is 5.75 Å². The first-order valence-electron chi connectivity index (χ1n) is 7.79. The topological polar surface area (TPSA) is 52.6 Å². The van der Waals surface area contributed by atoms with Gasteiger partial charge in [0, 0.05) is 12.8 Å². The van der Waals surface area contributed by atoms with Crippen LogP contribution in [0.25, 0.3) is 10.8 Å². The molecule has 0 aliphatic carbocycles. The molecule has 26 heavy (non-hydrogen) atoms. The van der Waals surface area contributed by atoms with Gasteiger partial charge in [0.25, 0.3) is 0 Å². The summed E-state index contributed by atoms with van der Waals surface area (Å²) in [6.45, 7) is -1.69. The number of alkyl halides is 4. The second-order valence-electron chi connectivity index (χ2n) is 5.56. The Morgan fingerprint density at radius 3 is 2.31 bits per heavy atom. The number of ether oxygens (including phenoxy) is 2. The number of benzene rings is 2. The maximum Gasteiger partial charge on any atom is 0.340 e. The minimum absolute atomic E-state index is 0.00843. The van der Waals surface area contributed by atoms with E-state index >= 15 is 0 Å². The van der Waals surface area contributed by atoms with E-state index in [1.807, 2.05) is 24.3 Å². The van der Waals surface area contributed by atoms with E-state index < -0.39 is 30.9 Å². The first-order valence-corrected chi connectivity index (χ1v) is 7.79. The lowest BCUT2D eigenvalue weighted by molar-refractivity contribution is -0.179. The molecule has 0 amide bonds. The molecule has 0 fully saturated rings. The molecule has 0 heterocycles. The molecular weight excluding hydrogens is 356 g/mol. The highest BCUT2D eigenvalue weighted by atomic mass is 19.3. The van der Waals surface area contributed by atoms with Crippen molar-refractivity contribution in [3.05, 3.63) is 42.5 Å². The molecule has 0 bridgehead atoms. The number of hydrogen-bond donors (Lipinski definition) is 0. The molecule has 2 aromatic carbocycles. The molecule has 0 atom stereocenters. The van der Waals surface area contributed by atoms with Crippen molar-refractivity contribution < 1.29 is 36.6 Å². The Labute approximate surface area is 146 Å². The molecule has 0 N–H and O–H groups in total. The summed E-state index contributed by atoms with van der Waals surface area (Å²) in [4.78, 5) is 23.0. The van der Waals surface area contributed by atoms with E-state index in [4.69, 9.17) is 4.74 Å². The molecule has 8 heteroatoms. The predicted molar refractivity (Wildman–Crippen MR) is 85.3 cm³/mol. The fourth-order valence-electron chi connectivity index (χ4n) is 2.10. The van der Waals surface area contributed by atoms with E-state index in [1.54, 1.807) is 18.2 Å². The fourth-order valence-corrected chi connectivity index (χ4v) is 2.10. The number of fused-ring (bicyclic) bond motifs is 1. The Morgan fingerprint density at radius 1 is 0.962 bits per heavy atom. The molecule has 2 rings (SSSR count). The third-order valence-corrected chi connectivity index (χ3v) is 3.46. The lowest BCUT2D eigenvalue weighted by atomic mass is 10.1. The molecule has 0 radical (unpaired) electrons. The summed E-state index contributed by atoms with van der Waals surface area (Å²) in [6, 6.07) is 12.6. The summed E-state index contributed by atoms with van der Waals surface area (Å²) < 4.78 is 58.3. The van der Waals surface area contributed by atoms with Crippen LogP contribution >= 0.6 is 0 Å². The fraction of sp³-hybridized carbons (Fsp3) is 0.333. The highest BCUT2D eigenvalue weighted by molar-refractivity contribution is 5.84. The Morgan fingerprint density at radius 2 is 1.62 bits per heavy atom. The van der Waals surface area contributed by atoms with Gasteiger partial charge in [-0.15, -0.1) is 0 Å². The second-order valence-corrected chi connectivity index (χ2v) is 5.56. The Kier molecular flexibility index (Phi) is 6.54. The molecule has 4 nitrogen and oxygen atoms in total. The molecule has 0 aliphatic rings. The van der Waals surface area contributed by atoms with E-state index in [1.165, 1.54) is 0 Å². The van der Waals surface area contributed by atoms with Crippen molar-refractivity contribution in [2.75, 3.05) is 6.61 Å². The largest absolute Gasteiger partial charge is 0.459 e. The van der Waals surface area contributed by atoms with Gasteiger partial charge >= 0.3 is 24.3 Å². The molecular formula is C18H16F4O4. The SMILES string of the molecule is O=C(CCCC(=O)Oc1ccc2ccccc2c1)OCC(F)(F)C(F)F. The van der Waals surface area contributed by atoms with E-state index in [2.05, 4.69) is 4.74 Å². The zero-order valence-electron chi connectivity index (χ0n) is 13.6. The number of hydrogen-bond acceptors (Lipinski definition) is 4. The van der Waals surface area contributed by atoms with Gasteiger partial charge in [0.05, 0.1) is 0 Å². The highest BCUT2D eigenvalue weighted by Gasteiger charge is 2.42. The summed E-state index contributed by atoms with van der Waals surface area (Å²) in [5, 5.41) is 1.87. The van der Waals surface area contributed by atoms with Crippen molar-refractivity contribution in [1.82, 2.24) is 0 Å². The normalized spacial score (nSPS) is 11.6. The van der Waals surface area contributed by atoms with Gasteiger partial charge in [-0.1, -0.05) is 30.3 Å². The highest BCUT2D eigenvalue weighted by Crippen LogP contribution is 2.23. The van der Waals surface area contributed by atoms with Crippen molar-refractivity contribution in [2.45, 2.75) is 31.6 Å². The summed E-state index contributed by atoms with van der Waals surface area (Å²) in [5.74, 6) is -5.73. The van der Waals surface area contributed by atoms with E-state index in [-0.39, 0.29) is 19.3 Å². The molecule has 0 aliphatic heterocycles. The third kappa shape index (κ3) is 5.72. The van der Waals surface area contributed by atoms with Crippen LogP contribution in [-0.4, -0.2) is 30.9 Å². The summed E-state index contributed by atoms with van der Waals surface area (Å²) in [7, 11) is 0. The minimum Gasteiger partial charge on any atom is -0.459 e. The van der Waals surface area contributed by atoms with Gasteiger partial charge in [-0.05, 0) is 29.3 Å². The van der Waals surface area contributed by atoms with Gasteiger partial charge in [0.2, 0.25) is 0 Å². The number of halogens is 4. The molecule has 0 aromatic heterocycles. The van der Waals surface area contributed by atoms with Crippen molar-refractivity contribution in [2.24, 2.45) is 0 Å². The monoisotopic (exact) mass is 372 g/mol. The average Bonchev–Trinajstić information content (AvgIpc) is 2.60. The first kappa shape index (κ1) is 19.7. The van der Waals surface area contributed by atoms with Crippen molar-refractivity contribution >= 4 is 22.7 Å². The minimum atomic E-state index is -4.38. The van der Waals surface area contributed by atoms with Crippen LogP contribution in [0, 0.1) is 0 Å². The zero-order valence-corrected chi connectivity index (χ0v) is 13.6. The third-order valence-electron chi connectivity index (χ3n) is 3.46. The molecule has 0 saturated carbocycles. The second kappa shape index (κ2) is 8.64. The maximum absolute atomic E-state index is 12.6. The van der Waals surface area contributed by atoms with Gasteiger partial charge in [0.15, 0.2) is 6.61 Å². The van der Waals surface area contributed by atoms with Crippen LogP contribution < -0.4 is 4.74 Å². The van der Waals surface area contributed by atoms with Crippen LogP contribution in [-0.2, 0) is 14.3 Å². The Balaban J connectivity index is 1.73. The Bertz CT molecular complexity index is 777. The van der Waals surface area contributed by atoms with Crippen LogP contribution in [0.4, 0.5) is 17.6 Å². The average molecular weight is 372 g/mol. The number of rotatable bonds is 8. The van der Waals surface area contributed by atoms with E-state index in [0.717, 1.165) is 10.8 Å². The van der Waals surface area contributed by atoms with Crippen LogP contribution in [0.2, 0.25) is 0 Å². The number of carbonyl (C=O) groups is 2. The van der Waals surface area contributed by atoms with Gasteiger partial charge in [-0.3, -0.25) is 9.59 Å². The van der Waals surface area contributed by atoms with Crippen LogP contribution in [0.1, 0.15) is 19.3 Å². The standard InChI is InChI=1S/C18H16F4O4/c19-17(20)18(21,22)11-25-15(23)6-3-7-16(24)26-14-9-8-12-4-1-2-5-13(12)10-14/h1-2,4-5,8-10,17H,3,6-7,11H2. The van der Waals surface area contributed by atoms with Crippen molar-refractivity contribution in [3.63, 3.8) is 0 Å². The summed E-state index contributed by atoms with van der Waals surface area (Å²) in [5.41, 5.74) is 0.